The summed E-state index contributed by atoms with van der Waals surface area (Å²) >= 11 is 0. The van der Waals surface area contributed by atoms with Crippen molar-refractivity contribution in [2.75, 3.05) is 25.8 Å². The van der Waals surface area contributed by atoms with Gasteiger partial charge in [-0.2, -0.15) is 4.89 Å². The highest BCUT2D eigenvalue weighted by molar-refractivity contribution is 7.37. The number of fused-ring (bicyclic) bond motifs is 1. The SMILES string of the molecule is COC1C(OC[P+](=O)O)C(CO)O[C@H]1n1cnc2c(N)ncnc21. The van der Waals surface area contributed by atoms with Crippen LogP contribution in [0.5, 0.6) is 0 Å². The van der Waals surface area contributed by atoms with Gasteiger partial charge in [-0.05, 0) is 4.57 Å². The van der Waals surface area contributed by atoms with Crippen LogP contribution in [0.25, 0.3) is 11.2 Å². The van der Waals surface area contributed by atoms with Crippen LogP contribution in [0.1, 0.15) is 6.23 Å². The van der Waals surface area contributed by atoms with Gasteiger partial charge in [-0.15, -0.1) is 0 Å². The van der Waals surface area contributed by atoms with E-state index in [9.17, 15) is 9.67 Å². The second-order valence-corrected chi connectivity index (χ2v) is 6.11. The molecule has 3 rings (SSSR count). The first-order chi connectivity index (χ1) is 11.6. The van der Waals surface area contributed by atoms with Crippen LogP contribution in [0.4, 0.5) is 5.82 Å². The monoisotopic (exact) mass is 358 g/mol. The van der Waals surface area contributed by atoms with Gasteiger partial charge in [0, 0.05) is 7.11 Å². The van der Waals surface area contributed by atoms with Crippen molar-refractivity contribution < 1.29 is 28.8 Å². The zero-order chi connectivity index (χ0) is 17.3. The third kappa shape index (κ3) is 2.97. The normalized spacial score (nSPS) is 27.7. The van der Waals surface area contributed by atoms with Crippen LogP contribution in [0.3, 0.4) is 0 Å². The molecule has 0 bridgehead atoms. The minimum Gasteiger partial charge on any atom is -0.394 e. The first kappa shape index (κ1) is 17.1. The number of anilines is 1. The van der Waals surface area contributed by atoms with Gasteiger partial charge in [-0.3, -0.25) is 4.57 Å². The van der Waals surface area contributed by atoms with E-state index in [1.54, 1.807) is 4.57 Å². The van der Waals surface area contributed by atoms with E-state index in [1.807, 2.05) is 0 Å². The van der Waals surface area contributed by atoms with Crippen LogP contribution >= 0.6 is 8.03 Å². The first-order valence-electron chi connectivity index (χ1n) is 7.04. The lowest BCUT2D eigenvalue weighted by Gasteiger charge is -2.21. The molecular weight excluding hydrogens is 341 g/mol. The van der Waals surface area contributed by atoms with E-state index in [4.69, 9.17) is 24.8 Å². The van der Waals surface area contributed by atoms with Crippen molar-refractivity contribution in [2.45, 2.75) is 24.5 Å². The van der Waals surface area contributed by atoms with E-state index in [0.717, 1.165) is 0 Å². The average molecular weight is 358 g/mol. The summed E-state index contributed by atoms with van der Waals surface area (Å²) in [6, 6.07) is 0. The topological polar surface area (TPSA) is 155 Å². The lowest BCUT2D eigenvalue weighted by atomic mass is 10.1. The van der Waals surface area contributed by atoms with Crippen molar-refractivity contribution >= 4 is 25.0 Å². The van der Waals surface area contributed by atoms with Gasteiger partial charge >= 0.3 is 8.03 Å². The molecule has 12 heteroatoms. The highest BCUT2D eigenvalue weighted by Gasteiger charge is 2.48. The third-order valence-corrected chi connectivity index (χ3v) is 4.15. The van der Waals surface area contributed by atoms with E-state index in [2.05, 4.69) is 15.0 Å². The Morgan fingerprint density at radius 1 is 1.42 bits per heavy atom. The number of nitrogens with zero attached hydrogens (tertiary/aromatic N) is 4. The number of aliphatic hydroxyl groups is 1. The number of rotatable bonds is 6. The number of ether oxygens (including phenoxy) is 3. The largest absolute Gasteiger partial charge is 0.534 e. The summed E-state index contributed by atoms with van der Waals surface area (Å²) in [4.78, 5) is 21.1. The molecule has 2 aromatic heterocycles. The Labute approximate surface area is 137 Å². The van der Waals surface area contributed by atoms with E-state index in [1.165, 1.54) is 19.8 Å². The van der Waals surface area contributed by atoms with Gasteiger partial charge in [0.05, 0.1) is 12.9 Å². The molecule has 5 atom stereocenters. The summed E-state index contributed by atoms with van der Waals surface area (Å²) in [5, 5.41) is 9.52. The summed E-state index contributed by atoms with van der Waals surface area (Å²) < 4.78 is 29.1. The van der Waals surface area contributed by atoms with Crippen LogP contribution < -0.4 is 5.73 Å². The van der Waals surface area contributed by atoms with Crippen LogP contribution in [-0.4, -0.2) is 67.9 Å². The fourth-order valence-corrected chi connectivity index (χ4v) is 3.04. The highest BCUT2D eigenvalue weighted by atomic mass is 31.1. The average Bonchev–Trinajstić information content (AvgIpc) is 3.13. The minimum atomic E-state index is -2.48. The lowest BCUT2D eigenvalue weighted by molar-refractivity contribution is -0.0583. The van der Waals surface area contributed by atoms with Crippen LogP contribution in [0, 0.1) is 0 Å². The maximum Gasteiger partial charge on any atom is 0.534 e. The molecule has 1 saturated heterocycles. The van der Waals surface area contributed by atoms with Gasteiger partial charge in [0.15, 0.2) is 17.7 Å². The first-order valence-corrected chi connectivity index (χ1v) is 8.43. The van der Waals surface area contributed by atoms with Crippen molar-refractivity contribution in [3.8, 4) is 0 Å². The smallest absolute Gasteiger partial charge is 0.394 e. The van der Waals surface area contributed by atoms with Gasteiger partial charge in [0.1, 0.15) is 30.2 Å². The van der Waals surface area contributed by atoms with Gasteiger partial charge in [-0.1, -0.05) is 0 Å². The Hall–Kier alpha value is -1.75. The number of nitrogens with two attached hydrogens (primary N) is 1. The molecule has 4 N–H and O–H groups in total. The summed E-state index contributed by atoms with van der Waals surface area (Å²) in [6.45, 7) is -0.340. The fourth-order valence-electron chi connectivity index (χ4n) is 2.74. The van der Waals surface area contributed by atoms with Crippen molar-refractivity contribution in [1.82, 2.24) is 19.5 Å². The van der Waals surface area contributed by atoms with Crippen molar-refractivity contribution in [3.05, 3.63) is 12.7 Å². The predicted octanol–water partition coefficient (Wildman–Crippen LogP) is -0.609. The molecule has 2 aromatic rings. The summed E-state index contributed by atoms with van der Waals surface area (Å²) in [5.74, 6) is 0.231. The quantitative estimate of drug-likeness (QED) is 0.569. The molecule has 0 amide bonds. The van der Waals surface area contributed by atoms with Crippen LogP contribution in [-0.2, 0) is 18.8 Å². The molecule has 0 radical (unpaired) electrons. The van der Waals surface area contributed by atoms with Crippen molar-refractivity contribution in [1.29, 1.82) is 0 Å². The molecule has 1 aliphatic rings. The maximum atomic E-state index is 10.9. The number of hydrogen-bond acceptors (Lipinski definition) is 9. The Bertz CT molecular complexity index is 742. The second-order valence-electron chi connectivity index (χ2n) is 5.14. The molecule has 4 unspecified atom stereocenters. The summed E-state index contributed by atoms with van der Waals surface area (Å²) in [7, 11) is -1.02. The van der Waals surface area contributed by atoms with E-state index < -0.39 is 32.6 Å². The summed E-state index contributed by atoms with van der Waals surface area (Å²) in [6.07, 6.45) is -0.402. The Kier molecular flexibility index (Phi) is 4.99. The number of nitrogen functional groups attached to an aromatic ring is 1. The number of imidazole rings is 1. The molecule has 11 nitrogen and oxygen atoms in total. The molecule has 0 aliphatic carbocycles. The minimum absolute atomic E-state index is 0.231. The fraction of sp³-hybridized carbons (Fsp3) is 0.583. The lowest BCUT2D eigenvalue weighted by Crippen LogP contribution is -2.37. The Morgan fingerprint density at radius 2 is 2.21 bits per heavy atom. The Morgan fingerprint density at radius 3 is 2.88 bits per heavy atom. The molecule has 0 spiro atoms. The molecule has 24 heavy (non-hydrogen) atoms. The molecule has 130 valence electrons. The van der Waals surface area contributed by atoms with E-state index in [0.29, 0.717) is 11.2 Å². The standard InChI is InChI=1S/C12H16N5O6P/c1-21-9-8(22-5-24(19)20)6(2-18)23-12(9)17-4-16-7-10(13)14-3-15-11(7)17/h3-4,6,8-9,12,18H,2,5H2,1H3,(H2-,13,14,15,19,20)/p+1/t6?,8?,9?,12-/m1/s1. The zero-order valence-corrected chi connectivity index (χ0v) is 13.6. The predicted molar refractivity (Wildman–Crippen MR) is 81.1 cm³/mol. The Balaban J connectivity index is 1.94. The second kappa shape index (κ2) is 7.01. The number of aliphatic hydroxyl groups excluding tert-OH is 1. The molecule has 3 heterocycles. The van der Waals surface area contributed by atoms with Crippen molar-refractivity contribution in [2.24, 2.45) is 0 Å². The van der Waals surface area contributed by atoms with Gasteiger partial charge < -0.3 is 25.1 Å². The van der Waals surface area contributed by atoms with Crippen molar-refractivity contribution in [3.63, 3.8) is 0 Å². The number of methoxy groups -OCH3 is 1. The third-order valence-electron chi connectivity index (χ3n) is 3.78. The summed E-state index contributed by atoms with van der Waals surface area (Å²) in [5.41, 5.74) is 6.63. The molecule has 0 aromatic carbocycles. The van der Waals surface area contributed by atoms with Gasteiger partial charge in [0.2, 0.25) is 0 Å². The number of hydrogen-bond donors (Lipinski definition) is 3. The van der Waals surface area contributed by atoms with Gasteiger partial charge in [0.25, 0.3) is 6.35 Å². The van der Waals surface area contributed by atoms with Crippen LogP contribution in [0.2, 0.25) is 0 Å². The molecule has 1 aliphatic heterocycles. The zero-order valence-electron chi connectivity index (χ0n) is 12.7. The molecule has 0 saturated carbocycles. The van der Waals surface area contributed by atoms with Crippen LogP contribution in [0.15, 0.2) is 12.7 Å². The van der Waals surface area contributed by atoms with E-state index >= 15 is 0 Å². The molecular formula is C12H17N5O6P+. The van der Waals surface area contributed by atoms with E-state index in [-0.39, 0.29) is 18.8 Å². The number of aromatic nitrogens is 4. The highest BCUT2D eigenvalue weighted by Crippen LogP contribution is 2.36. The van der Waals surface area contributed by atoms with Gasteiger partial charge in [-0.25, -0.2) is 15.0 Å². The molecule has 1 fully saturated rings. The maximum absolute atomic E-state index is 10.9.